The van der Waals surface area contributed by atoms with Crippen molar-refractivity contribution in [3.05, 3.63) is 94.2 Å². The summed E-state index contributed by atoms with van der Waals surface area (Å²) in [5, 5.41) is 4.36. The van der Waals surface area contributed by atoms with Gasteiger partial charge in [-0.1, -0.05) is 43.2 Å². The van der Waals surface area contributed by atoms with Crippen LogP contribution in [0.3, 0.4) is 0 Å². The van der Waals surface area contributed by atoms with Crippen molar-refractivity contribution in [1.82, 2.24) is 14.7 Å². The molecule has 1 saturated carbocycles. The van der Waals surface area contributed by atoms with E-state index in [4.69, 9.17) is 0 Å². The molecule has 5 nitrogen and oxygen atoms in total. The van der Waals surface area contributed by atoms with E-state index >= 15 is 0 Å². The zero-order valence-electron chi connectivity index (χ0n) is 16.7. The Labute approximate surface area is 174 Å². The molecule has 0 unspecified atom stereocenters. The Morgan fingerprint density at radius 3 is 2.40 bits per heavy atom. The molecule has 3 aromatic rings. The highest BCUT2D eigenvalue weighted by Crippen LogP contribution is 2.25. The van der Waals surface area contributed by atoms with Crippen LogP contribution in [-0.4, -0.2) is 33.2 Å². The average Bonchev–Trinajstić information content (AvgIpc) is 3.30. The zero-order chi connectivity index (χ0) is 20.9. The van der Waals surface area contributed by atoms with Crippen LogP contribution in [0, 0.1) is 5.82 Å². The van der Waals surface area contributed by atoms with Crippen LogP contribution in [0.2, 0.25) is 0 Å². The van der Waals surface area contributed by atoms with Crippen molar-refractivity contribution in [2.75, 3.05) is 6.54 Å². The van der Waals surface area contributed by atoms with E-state index in [1.54, 1.807) is 24.3 Å². The summed E-state index contributed by atoms with van der Waals surface area (Å²) in [4.78, 5) is 27.6. The molecule has 2 aromatic carbocycles. The van der Waals surface area contributed by atoms with Gasteiger partial charge in [0.25, 0.3) is 11.5 Å². The lowest BCUT2D eigenvalue weighted by molar-refractivity contribution is 0.0676. The predicted molar refractivity (Wildman–Crippen MR) is 113 cm³/mol. The van der Waals surface area contributed by atoms with Gasteiger partial charge in [0.15, 0.2) is 0 Å². The molecule has 0 aliphatic heterocycles. The van der Waals surface area contributed by atoms with Crippen molar-refractivity contribution in [2.24, 2.45) is 0 Å². The van der Waals surface area contributed by atoms with Crippen molar-refractivity contribution in [3.8, 4) is 5.69 Å². The number of aromatic nitrogens is 2. The molecule has 0 spiro atoms. The van der Waals surface area contributed by atoms with Crippen LogP contribution in [0.1, 0.15) is 41.7 Å². The van der Waals surface area contributed by atoms with Crippen molar-refractivity contribution in [3.63, 3.8) is 0 Å². The van der Waals surface area contributed by atoms with E-state index in [9.17, 15) is 14.0 Å². The molecule has 1 aliphatic carbocycles. The Hall–Kier alpha value is -3.28. The Kier molecular flexibility index (Phi) is 6.02. The number of benzene rings is 2. The Balaban J connectivity index is 1.59. The molecule has 1 heterocycles. The van der Waals surface area contributed by atoms with Gasteiger partial charge in [-0.05, 0) is 55.2 Å². The number of hydrogen-bond acceptors (Lipinski definition) is 3. The minimum absolute atomic E-state index is 0.164. The normalized spacial score (nSPS) is 14.0. The zero-order valence-corrected chi connectivity index (χ0v) is 16.7. The summed E-state index contributed by atoms with van der Waals surface area (Å²) in [6.07, 6.45) is 4.77. The molecule has 1 aliphatic rings. The van der Waals surface area contributed by atoms with Gasteiger partial charge in [-0.2, -0.15) is 9.78 Å². The number of para-hydroxylation sites is 1. The van der Waals surface area contributed by atoms with Crippen LogP contribution in [0.25, 0.3) is 5.69 Å². The number of amides is 1. The number of carbonyl (C=O) groups is 1. The van der Waals surface area contributed by atoms with Crippen molar-refractivity contribution < 1.29 is 9.18 Å². The summed E-state index contributed by atoms with van der Waals surface area (Å²) in [5.74, 6) is -0.441. The maximum absolute atomic E-state index is 13.4. The maximum Gasteiger partial charge on any atom is 0.274 e. The summed E-state index contributed by atoms with van der Waals surface area (Å²) in [6.45, 7) is 0.529. The largest absolute Gasteiger partial charge is 0.334 e. The highest BCUT2D eigenvalue weighted by atomic mass is 19.1. The number of halogens is 1. The van der Waals surface area contributed by atoms with E-state index < -0.39 is 0 Å². The van der Waals surface area contributed by atoms with E-state index in [2.05, 4.69) is 5.10 Å². The molecular weight excluding hydrogens is 381 g/mol. The maximum atomic E-state index is 13.4. The number of hydrogen-bond donors (Lipinski definition) is 0. The molecule has 1 amide bonds. The molecule has 0 bridgehead atoms. The average molecular weight is 405 g/mol. The first-order valence-electron chi connectivity index (χ1n) is 10.3. The van der Waals surface area contributed by atoms with Crippen LogP contribution in [0.15, 0.2) is 71.5 Å². The lowest BCUT2D eigenvalue weighted by Crippen LogP contribution is -2.41. The second-order valence-electron chi connectivity index (χ2n) is 7.62. The van der Waals surface area contributed by atoms with E-state index in [-0.39, 0.29) is 29.0 Å². The molecule has 0 saturated heterocycles. The lowest BCUT2D eigenvalue weighted by atomic mass is 10.1. The SMILES string of the molecule is O=C(c1ccc(=O)n(-c2ccccc2)n1)N(CCc1ccc(F)cc1)C1CCCC1. The second-order valence-corrected chi connectivity index (χ2v) is 7.62. The number of rotatable bonds is 6. The van der Waals surface area contributed by atoms with Crippen LogP contribution >= 0.6 is 0 Å². The fourth-order valence-electron chi connectivity index (χ4n) is 3.99. The van der Waals surface area contributed by atoms with Gasteiger partial charge < -0.3 is 4.90 Å². The first-order valence-corrected chi connectivity index (χ1v) is 10.3. The first-order chi connectivity index (χ1) is 14.6. The Morgan fingerprint density at radius 1 is 1.00 bits per heavy atom. The summed E-state index contributed by atoms with van der Waals surface area (Å²) in [5.41, 5.74) is 1.58. The standard InChI is InChI=1S/C24H24FN3O2/c25-19-12-10-18(11-13-19)16-17-27(20-6-4-5-7-20)24(30)22-14-15-23(29)28(26-22)21-8-2-1-3-9-21/h1-3,8-15,20H,4-7,16-17H2. The molecule has 1 fully saturated rings. The third kappa shape index (κ3) is 4.48. The fraction of sp³-hybridized carbons (Fsp3) is 0.292. The van der Waals surface area contributed by atoms with Gasteiger partial charge in [0, 0.05) is 18.7 Å². The van der Waals surface area contributed by atoms with E-state index in [1.807, 2.05) is 23.1 Å². The monoisotopic (exact) mass is 405 g/mol. The minimum atomic E-state index is -0.281. The molecule has 1 aromatic heterocycles. The number of carbonyl (C=O) groups excluding carboxylic acids is 1. The topological polar surface area (TPSA) is 55.2 Å². The first kappa shape index (κ1) is 20.0. The quantitative estimate of drug-likeness (QED) is 0.623. The van der Waals surface area contributed by atoms with Gasteiger partial charge in [-0.25, -0.2) is 4.39 Å². The van der Waals surface area contributed by atoms with Crippen LogP contribution in [0.5, 0.6) is 0 Å². The summed E-state index contributed by atoms with van der Waals surface area (Å²) >= 11 is 0. The smallest absolute Gasteiger partial charge is 0.274 e. The molecule has 0 atom stereocenters. The van der Waals surface area contributed by atoms with Crippen molar-refractivity contribution in [1.29, 1.82) is 0 Å². The lowest BCUT2D eigenvalue weighted by Gasteiger charge is -2.29. The molecule has 0 N–H and O–H groups in total. The molecule has 154 valence electrons. The minimum Gasteiger partial charge on any atom is -0.334 e. The Morgan fingerprint density at radius 2 is 1.70 bits per heavy atom. The summed E-state index contributed by atoms with van der Waals surface area (Å²) in [7, 11) is 0. The summed E-state index contributed by atoms with van der Waals surface area (Å²) < 4.78 is 14.5. The molecule has 6 heteroatoms. The van der Waals surface area contributed by atoms with E-state index in [0.717, 1.165) is 31.2 Å². The van der Waals surface area contributed by atoms with Gasteiger partial charge in [-0.3, -0.25) is 9.59 Å². The van der Waals surface area contributed by atoms with Gasteiger partial charge in [0.2, 0.25) is 0 Å². The Bertz CT molecular complexity index is 1060. The molecular formula is C24H24FN3O2. The number of nitrogens with zero attached hydrogens (tertiary/aromatic N) is 3. The molecule has 4 rings (SSSR count). The van der Waals surface area contributed by atoms with E-state index in [1.165, 1.54) is 28.9 Å². The van der Waals surface area contributed by atoms with E-state index in [0.29, 0.717) is 18.7 Å². The highest BCUT2D eigenvalue weighted by molar-refractivity contribution is 5.92. The molecule has 30 heavy (non-hydrogen) atoms. The molecule has 0 radical (unpaired) electrons. The van der Waals surface area contributed by atoms with Gasteiger partial charge >= 0.3 is 0 Å². The highest BCUT2D eigenvalue weighted by Gasteiger charge is 2.28. The van der Waals surface area contributed by atoms with Crippen LogP contribution in [-0.2, 0) is 6.42 Å². The van der Waals surface area contributed by atoms with Crippen LogP contribution < -0.4 is 5.56 Å². The summed E-state index contributed by atoms with van der Waals surface area (Å²) in [6, 6.07) is 18.5. The van der Waals surface area contributed by atoms with Crippen molar-refractivity contribution in [2.45, 2.75) is 38.1 Å². The third-order valence-electron chi connectivity index (χ3n) is 5.60. The van der Waals surface area contributed by atoms with Gasteiger partial charge in [-0.15, -0.1) is 0 Å². The fourth-order valence-corrected chi connectivity index (χ4v) is 3.99. The second kappa shape index (κ2) is 9.03. The third-order valence-corrected chi connectivity index (χ3v) is 5.60. The predicted octanol–water partition coefficient (Wildman–Crippen LogP) is 4.00. The van der Waals surface area contributed by atoms with Crippen LogP contribution in [0.4, 0.5) is 4.39 Å². The van der Waals surface area contributed by atoms with Crippen molar-refractivity contribution >= 4 is 5.91 Å². The van der Waals surface area contributed by atoms with Gasteiger partial charge in [0.05, 0.1) is 5.69 Å². The van der Waals surface area contributed by atoms with Gasteiger partial charge in [0.1, 0.15) is 11.5 Å².